The highest BCUT2D eigenvalue weighted by molar-refractivity contribution is 5.91. The Balaban J connectivity index is 1.51. The van der Waals surface area contributed by atoms with Crippen molar-refractivity contribution in [1.29, 1.82) is 0 Å². The Morgan fingerprint density at radius 3 is 2.02 bits per heavy atom. The summed E-state index contributed by atoms with van der Waals surface area (Å²) in [5, 5.41) is 92.5. The van der Waals surface area contributed by atoms with Gasteiger partial charge in [0.05, 0.1) is 20.3 Å². The van der Waals surface area contributed by atoms with E-state index >= 15 is 0 Å². The number of benzene rings is 2. The number of hydrogen-bond acceptors (Lipinski definition) is 16. The van der Waals surface area contributed by atoms with E-state index in [1.807, 2.05) is 0 Å². The molecule has 9 N–H and O–H groups in total. The minimum absolute atomic E-state index is 0.0219. The Hall–Kier alpha value is -3.55. The van der Waals surface area contributed by atoms with Gasteiger partial charge in [-0.2, -0.15) is 0 Å². The molecular formula is C28H32O16. The van der Waals surface area contributed by atoms with Gasteiger partial charge in [0.25, 0.3) is 0 Å². The molecule has 1 aromatic heterocycles. The maximum absolute atomic E-state index is 12.9. The molecule has 0 spiro atoms. The van der Waals surface area contributed by atoms with Gasteiger partial charge in [0.2, 0.25) is 12.0 Å². The molecule has 0 bridgehead atoms. The molecule has 0 unspecified atom stereocenters. The van der Waals surface area contributed by atoms with Crippen LogP contribution in [0, 0.1) is 0 Å². The van der Waals surface area contributed by atoms with E-state index in [1.165, 1.54) is 7.11 Å². The first-order chi connectivity index (χ1) is 21.0. The van der Waals surface area contributed by atoms with Crippen molar-refractivity contribution < 1.29 is 74.1 Å². The molecule has 240 valence electrons. The van der Waals surface area contributed by atoms with Gasteiger partial charge in [0.1, 0.15) is 65.4 Å². The van der Waals surface area contributed by atoms with Crippen LogP contribution in [0.3, 0.4) is 0 Å². The highest BCUT2D eigenvalue weighted by atomic mass is 16.8. The number of rotatable bonds is 8. The number of methoxy groups -OCH3 is 1. The normalized spacial score (nSPS) is 32.5. The monoisotopic (exact) mass is 624 g/mol. The van der Waals surface area contributed by atoms with Gasteiger partial charge in [0.15, 0.2) is 29.2 Å². The molecule has 3 heterocycles. The lowest BCUT2D eigenvalue weighted by molar-refractivity contribution is -0.358. The largest absolute Gasteiger partial charge is 0.507 e. The maximum Gasteiger partial charge on any atom is 0.229 e. The summed E-state index contributed by atoms with van der Waals surface area (Å²) in [4.78, 5) is 12.9. The first-order valence-corrected chi connectivity index (χ1v) is 13.4. The van der Waals surface area contributed by atoms with E-state index in [1.54, 1.807) is 24.3 Å². The third kappa shape index (κ3) is 5.80. The lowest BCUT2D eigenvalue weighted by atomic mass is 9.97. The predicted octanol–water partition coefficient (Wildman–Crippen LogP) is -2.12. The molecule has 2 fully saturated rings. The Kier molecular flexibility index (Phi) is 9.28. The number of aliphatic hydroxyl groups is 7. The van der Waals surface area contributed by atoms with E-state index in [-0.39, 0.29) is 11.1 Å². The van der Waals surface area contributed by atoms with Crippen LogP contribution in [0.5, 0.6) is 23.0 Å². The number of phenolic OH excluding ortho intramolecular Hbond substituents is 2. The van der Waals surface area contributed by atoms with Gasteiger partial charge in [-0.15, -0.1) is 0 Å². The van der Waals surface area contributed by atoms with Crippen LogP contribution >= 0.6 is 0 Å². The zero-order chi connectivity index (χ0) is 31.9. The van der Waals surface area contributed by atoms with Crippen LogP contribution in [-0.4, -0.2) is 128 Å². The molecule has 16 nitrogen and oxygen atoms in total. The van der Waals surface area contributed by atoms with Crippen LogP contribution in [-0.2, 0) is 14.2 Å². The summed E-state index contributed by atoms with van der Waals surface area (Å²) in [6.07, 6.45) is -17.3. The fourth-order valence-electron chi connectivity index (χ4n) is 5.02. The topological polar surface area (TPSA) is 258 Å². The van der Waals surface area contributed by atoms with Crippen molar-refractivity contribution in [3.05, 3.63) is 46.6 Å². The van der Waals surface area contributed by atoms with Crippen LogP contribution in [0.4, 0.5) is 0 Å². The first-order valence-electron chi connectivity index (χ1n) is 13.4. The highest BCUT2D eigenvalue weighted by Crippen LogP contribution is 2.42. The van der Waals surface area contributed by atoms with Crippen molar-refractivity contribution in [2.45, 2.75) is 61.4 Å². The molecule has 2 aliphatic heterocycles. The van der Waals surface area contributed by atoms with E-state index in [4.69, 9.17) is 28.1 Å². The number of hydrogen-bond donors (Lipinski definition) is 9. The van der Waals surface area contributed by atoms with Gasteiger partial charge in [-0.05, 0) is 24.3 Å². The van der Waals surface area contributed by atoms with Crippen molar-refractivity contribution in [3.8, 4) is 34.3 Å². The van der Waals surface area contributed by atoms with Crippen molar-refractivity contribution in [2.75, 3.05) is 20.3 Å². The molecule has 0 amide bonds. The highest BCUT2D eigenvalue weighted by Gasteiger charge is 2.51. The molecule has 5 rings (SSSR count). The number of aromatic hydroxyl groups is 2. The van der Waals surface area contributed by atoms with Crippen LogP contribution in [0.25, 0.3) is 22.3 Å². The van der Waals surface area contributed by atoms with Crippen molar-refractivity contribution in [3.63, 3.8) is 0 Å². The van der Waals surface area contributed by atoms with Crippen molar-refractivity contribution >= 4 is 11.0 Å². The summed E-state index contributed by atoms with van der Waals surface area (Å²) < 4.78 is 33.1. The summed E-state index contributed by atoms with van der Waals surface area (Å²) in [5.74, 6) is -1.42. The number of phenols is 2. The Bertz CT molecular complexity index is 1510. The molecular weight excluding hydrogens is 592 g/mol. The molecule has 3 aromatic rings. The second-order valence-corrected chi connectivity index (χ2v) is 10.3. The van der Waals surface area contributed by atoms with Crippen LogP contribution < -0.4 is 14.9 Å². The Labute approximate surface area is 248 Å². The summed E-state index contributed by atoms with van der Waals surface area (Å²) >= 11 is 0. The molecule has 2 aliphatic rings. The fourth-order valence-corrected chi connectivity index (χ4v) is 5.02. The van der Waals surface area contributed by atoms with Gasteiger partial charge in [-0.3, -0.25) is 4.79 Å². The van der Waals surface area contributed by atoms with Gasteiger partial charge < -0.3 is 74.1 Å². The smallest absolute Gasteiger partial charge is 0.229 e. The third-order valence-electron chi connectivity index (χ3n) is 7.50. The fraction of sp³-hybridized carbons (Fsp3) is 0.464. The Morgan fingerprint density at radius 1 is 0.795 bits per heavy atom. The summed E-state index contributed by atoms with van der Waals surface area (Å²) in [6.45, 7) is -1.59. The molecule has 0 aliphatic carbocycles. The van der Waals surface area contributed by atoms with Gasteiger partial charge in [-0.25, -0.2) is 0 Å². The third-order valence-corrected chi connectivity index (χ3v) is 7.50. The zero-order valence-electron chi connectivity index (χ0n) is 23.0. The molecule has 10 atom stereocenters. The van der Waals surface area contributed by atoms with Crippen LogP contribution in [0.1, 0.15) is 0 Å². The summed E-state index contributed by atoms with van der Waals surface area (Å²) in [5.41, 5.74) is -0.741. The second kappa shape index (κ2) is 12.8. The van der Waals surface area contributed by atoms with E-state index < -0.39 is 103 Å². The number of aliphatic hydroxyl groups excluding tert-OH is 7. The SMILES string of the molecule is COc1ccc(-c2cc(=O)c3c(O)cc(O[C@@H]4O[C@@H](CO)[C@@H](O)[C@H](O)[C@@H]4O[C@@H]4O[C@@H](CO)[C@@H](O)[C@H](O)[C@H]4O)c(O)c3o2)cc1. The molecule has 0 radical (unpaired) electrons. The Morgan fingerprint density at radius 2 is 1.41 bits per heavy atom. The van der Waals surface area contributed by atoms with Gasteiger partial charge >= 0.3 is 0 Å². The van der Waals surface area contributed by atoms with Crippen molar-refractivity contribution in [2.24, 2.45) is 0 Å². The first kappa shape index (κ1) is 31.9. The molecule has 16 heteroatoms. The lowest BCUT2D eigenvalue weighted by Gasteiger charge is -2.45. The average Bonchev–Trinajstić information content (AvgIpc) is 3.02. The number of ether oxygens (including phenoxy) is 5. The number of fused-ring (bicyclic) bond motifs is 1. The van der Waals surface area contributed by atoms with E-state index in [9.17, 15) is 50.8 Å². The predicted molar refractivity (Wildman–Crippen MR) is 145 cm³/mol. The van der Waals surface area contributed by atoms with E-state index in [0.717, 1.165) is 12.1 Å². The molecule has 44 heavy (non-hydrogen) atoms. The minimum atomic E-state index is -1.91. The molecule has 2 saturated heterocycles. The quantitative estimate of drug-likeness (QED) is 0.121. The van der Waals surface area contributed by atoms with E-state index in [0.29, 0.717) is 11.3 Å². The second-order valence-electron chi connectivity index (χ2n) is 10.3. The van der Waals surface area contributed by atoms with Crippen LogP contribution in [0.2, 0.25) is 0 Å². The van der Waals surface area contributed by atoms with Crippen LogP contribution in [0.15, 0.2) is 45.6 Å². The average molecular weight is 625 g/mol. The standard InChI is InChI=1S/C28H32O16/c1-39-11-4-2-10(3-5-11)14-6-12(31)18-13(32)7-15(21(35)25(18)40-14)41-28-26(23(37)20(34)17(9-30)43-28)44-27-24(38)22(36)19(33)16(8-29)42-27/h2-7,16-17,19-20,22-24,26-30,32-38H,8-9H2,1H3/t16-,17-,19+,20+,22-,23-,24+,26-,27-,28+/m0/s1. The minimum Gasteiger partial charge on any atom is -0.507 e. The van der Waals surface area contributed by atoms with Gasteiger partial charge in [-0.1, -0.05) is 0 Å². The summed E-state index contributed by atoms with van der Waals surface area (Å²) in [6, 6.07) is 8.40. The molecule has 2 aromatic carbocycles. The maximum atomic E-state index is 12.9. The summed E-state index contributed by atoms with van der Waals surface area (Å²) in [7, 11) is 1.48. The molecule has 0 saturated carbocycles. The van der Waals surface area contributed by atoms with Crippen molar-refractivity contribution in [1.82, 2.24) is 0 Å². The van der Waals surface area contributed by atoms with E-state index in [2.05, 4.69) is 0 Å². The lowest BCUT2D eigenvalue weighted by Crippen LogP contribution is -2.65. The zero-order valence-corrected chi connectivity index (χ0v) is 23.0. The van der Waals surface area contributed by atoms with Gasteiger partial charge in [0, 0.05) is 17.7 Å².